The molecule has 1 N–H and O–H groups in total. The third-order valence-corrected chi connectivity index (χ3v) is 3.04. The molecule has 6 heteroatoms. The summed E-state index contributed by atoms with van der Waals surface area (Å²) in [6, 6.07) is 7.01. The number of anilines is 1. The standard InChI is InChI=1S/C16H18N2O4/c1-20-13-8-12(9-14(21-2)16(13)22-3)18-15(19)7-11-5-4-6-17-10-11/h4-6,8-10H,7H2,1-3H3,(H,18,19). The largest absolute Gasteiger partial charge is 0.493 e. The van der Waals surface area contributed by atoms with E-state index in [4.69, 9.17) is 14.2 Å². The summed E-state index contributed by atoms with van der Waals surface area (Å²) in [5.41, 5.74) is 1.41. The number of ether oxygens (including phenoxy) is 3. The minimum Gasteiger partial charge on any atom is -0.493 e. The lowest BCUT2D eigenvalue weighted by atomic mass is 10.2. The van der Waals surface area contributed by atoms with E-state index in [2.05, 4.69) is 10.3 Å². The highest BCUT2D eigenvalue weighted by molar-refractivity contribution is 5.93. The summed E-state index contributed by atoms with van der Waals surface area (Å²) in [5.74, 6) is 1.30. The lowest BCUT2D eigenvalue weighted by Crippen LogP contribution is -2.14. The van der Waals surface area contributed by atoms with Gasteiger partial charge in [-0.25, -0.2) is 0 Å². The number of nitrogens with zero attached hydrogens (tertiary/aromatic N) is 1. The van der Waals surface area contributed by atoms with Gasteiger partial charge in [0.05, 0.1) is 27.8 Å². The summed E-state index contributed by atoms with van der Waals surface area (Å²) in [6.45, 7) is 0. The van der Waals surface area contributed by atoms with Crippen LogP contribution in [0.3, 0.4) is 0 Å². The quantitative estimate of drug-likeness (QED) is 0.886. The number of nitrogens with one attached hydrogen (secondary N) is 1. The van der Waals surface area contributed by atoms with Crippen LogP contribution in [0.2, 0.25) is 0 Å². The fourth-order valence-electron chi connectivity index (χ4n) is 2.05. The molecule has 0 aliphatic carbocycles. The van der Waals surface area contributed by atoms with Crippen molar-refractivity contribution < 1.29 is 19.0 Å². The Hall–Kier alpha value is -2.76. The summed E-state index contributed by atoms with van der Waals surface area (Å²) in [4.78, 5) is 16.1. The molecule has 0 aliphatic rings. The second-order valence-corrected chi connectivity index (χ2v) is 4.50. The van der Waals surface area contributed by atoms with Gasteiger partial charge in [0, 0.05) is 30.2 Å². The van der Waals surface area contributed by atoms with Gasteiger partial charge in [0.1, 0.15) is 0 Å². The smallest absolute Gasteiger partial charge is 0.228 e. The van der Waals surface area contributed by atoms with E-state index >= 15 is 0 Å². The van der Waals surface area contributed by atoms with Gasteiger partial charge in [0.2, 0.25) is 11.7 Å². The van der Waals surface area contributed by atoms with E-state index in [1.807, 2.05) is 6.07 Å². The Kier molecular flexibility index (Phi) is 5.19. The minimum absolute atomic E-state index is 0.151. The lowest BCUT2D eigenvalue weighted by Gasteiger charge is -2.14. The number of carbonyl (C=O) groups is 1. The number of hydrogen-bond donors (Lipinski definition) is 1. The summed E-state index contributed by atoms with van der Waals surface area (Å²) in [6.07, 6.45) is 3.57. The van der Waals surface area contributed by atoms with Gasteiger partial charge >= 0.3 is 0 Å². The van der Waals surface area contributed by atoms with Crippen LogP contribution in [0.5, 0.6) is 17.2 Å². The van der Waals surface area contributed by atoms with Crippen LogP contribution in [-0.2, 0) is 11.2 Å². The molecule has 116 valence electrons. The second kappa shape index (κ2) is 7.31. The van der Waals surface area contributed by atoms with Crippen molar-refractivity contribution in [3.8, 4) is 17.2 Å². The SMILES string of the molecule is COc1cc(NC(=O)Cc2cccnc2)cc(OC)c1OC. The summed E-state index contributed by atoms with van der Waals surface area (Å²) in [7, 11) is 4.58. The van der Waals surface area contributed by atoms with Crippen LogP contribution in [-0.4, -0.2) is 32.2 Å². The topological polar surface area (TPSA) is 69.7 Å². The molecular weight excluding hydrogens is 284 g/mol. The van der Waals surface area contributed by atoms with Crippen LogP contribution in [0.4, 0.5) is 5.69 Å². The molecule has 0 saturated heterocycles. The first-order valence-corrected chi connectivity index (χ1v) is 6.66. The number of amides is 1. The predicted molar refractivity (Wildman–Crippen MR) is 82.7 cm³/mol. The average Bonchev–Trinajstić information content (AvgIpc) is 2.54. The van der Waals surface area contributed by atoms with Crippen LogP contribution < -0.4 is 19.5 Å². The van der Waals surface area contributed by atoms with E-state index in [1.165, 1.54) is 21.3 Å². The van der Waals surface area contributed by atoms with Gasteiger partial charge in [-0.2, -0.15) is 0 Å². The van der Waals surface area contributed by atoms with Crippen molar-refractivity contribution >= 4 is 11.6 Å². The Morgan fingerprint density at radius 1 is 1.14 bits per heavy atom. The molecule has 6 nitrogen and oxygen atoms in total. The number of hydrogen-bond acceptors (Lipinski definition) is 5. The highest BCUT2D eigenvalue weighted by Crippen LogP contribution is 2.39. The van der Waals surface area contributed by atoms with Crippen LogP contribution >= 0.6 is 0 Å². The first kappa shape index (κ1) is 15.6. The van der Waals surface area contributed by atoms with Crippen molar-refractivity contribution in [1.82, 2.24) is 4.98 Å². The highest BCUT2D eigenvalue weighted by atomic mass is 16.5. The molecule has 0 radical (unpaired) electrons. The summed E-state index contributed by atoms with van der Waals surface area (Å²) < 4.78 is 15.7. The summed E-state index contributed by atoms with van der Waals surface area (Å²) >= 11 is 0. The molecule has 1 aromatic carbocycles. The Balaban J connectivity index is 2.17. The zero-order valence-corrected chi connectivity index (χ0v) is 12.8. The van der Waals surface area contributed by atoms with Gasteiger partial charge in [-0.3, -0.25) is 9.78 Å². The van der Waals surface area contributed by atoms with Crippen molar-refractivity contribution in [1.29, 1.82) is 0 Å². The fraction of sp³-hybridized carbons (Fsp3) is 0.250. The van der Waals surface area contributed by atoms with E-state index in [0.717, 1.165) is 5.56 Å². The molecule has 0 unspecified atom stereocenters. The van der Waals surface area contributed by atoms with Crippen molar-refractivity contribution in [2.45, 2.75) is 6.42 Å². The van der Waals surface area contributed by atoms with Gasteiger partial charge in [0.15, 0.2) is 11.5 Å². The minimum atomic E-state index is -0.151. The number of rotatable bonds is 6. The molecule has 2 rings (SSSR count). The molecular formula is C16H18N2O4. The predicted octanol–water partition coefficient (Wildman–Crippen LogP) is 2.29. The molecule has 1 aromatic heterocycles. The van der Waals surface area contributed by atoms with Crippen LogP contribution in [0.15, 0.2) is 36.7 Å². The maximum absolute atomic E-state index is 12.1. The van der Waals surface area contributed by atoms with E-state index < -0.39 is 0 Å². The van der Waals surface area contributed by atoms with Gasteiger partial charge in [-0.15, -0.1) is 0 Å². The van der Waals surface area contributed by atoms with Gasteiger partial charge < -0.3 is 19.5 Å². The zero-order valence-electron chi connectivity index (χ0n) is 12.8. The molecule has 0 saturated carbocycles. The highest BCUT2D eigenvalue weighted by Gasteiger charge is 2.14. The number of methoxy groups -OCH3 is 3. The third kappa shape index (κ3) is 3.66. The molecule has 2 aromatic rings. The van der Waals surface area contributed by atoms with E-state index in [1.54, 1.807) is 30.6 Å². The first-order valence-electron chi connectivity index (χ1n) is 6.66. The van der Waals surface area contributed by atoms with Crippen molar-refractivity contribution in [2.75, 3.05) is 26.6 Å². The molecule has 1 amide bonds. The first-order chi connectivity index (χ1) is 10.7. The Morgan fingerprint density at radius 2 is 1.82 bits per heavy atom. The second-order valence-electron chi connectivity index (χ2n) is 4.50. The van der Waals surface area contributed by atoms with Gasteiger partial charge in [0.25, 0.3) is 0 Å². The van der Waals surface area contributed by atoms with Crippen molar-refractivity contribution in [2.24, 2.45) is 0 Å². The average molecular weight is 302 g/mol. The zero-order chi connectivity index (χ0) is 15.9. The molecule has 1 heterocycles. The lowest BCUT2D eigenvalue weighted by molar-refractivity contribution is -0.115. The Labute approximate surface area is 129 Å². The van der Waals surface area contributed by atoms with E-state index in [9.17, 15) is 4.79 Å². The summed E-state index contributed by atoms with van der Waals surface area (Å²) in [5, 5.41) is 2.81. The fourth-order valence-corrected chi connectivity index (χ4v) is 2.05. The van der Waals surface area contributed by atoms with E-state index in [0.29, 0.717) is 22.9 Å². The number of pyridine rings is 1. The monoisotopic (exact) mass is 302 g/mol. The number of benzene rings is 1. The molecule has 0 fully saturated rings. The maximum Gasteiger partial charge on any atom is 0.228 e. The van der Waals surface area contributed by atoms with Crippen molar-refractivity contribution in [3.05, 3.63) is 42.2 Å². The van der Waals surface area contributed by atoms with Crippen molar-refractivity contribution in [3.63, 3.8) is 0 Å². The molecule has 22 heavy (non-hydrogen) atoms. The maximum atomic E-state index is 12.1. The molecule has 0 aliphatic heterocycles. The van der Waals surface area contributed by atoms with Crippen LogP contribution in [0.25, 0.3) is 0 Å². The molecule has 0 spiro atoms. The Morgan fingerprint density at radius 3 is 2.32 bits per heavy atom. The third-order valence-electron chi connectivity index (χ3n) is 3.04. The van der Waals surface area contributed by atoms with Crippen LogP contribution in [0.1, 0.15) is 5.56 Å². The van der Waals surface area contributed by atoms with Gasteiger partial charge in [-0.1, -0.05) is 6.07 Å². The number of aromatic nitrogens is 1. The molecule has 0 bridgehead atoms. The number of carbonyl (C=O) groups excluding carboxylic acids is 1. The van der Waals surface area contributed by atoms with Gasteiger partial charge in [-0.05, 0) is 11.6 Å². The normalized spacial score (nSPS) is 9.95. The Bertz CT molecular complexity index is 619. The molecule has 0 atom stereocenters. The van der Waals surface area contributed by atoms with Crippen LogP contribution in [0, 0.1) is 0 Å². The van der Waals surface area contributed by atoms with E-state index in [-0.39, 0.29) is 12.3 Å².